The van der Waals surface area contributed by atoms with Crippen molar-refractivity contribution in [3.63, 3.8) is 0 Å². The maximum atomic E-state index is 13.0. The third kappa shape index (κ3) is 3.10. The number of hydrogen-bond acceptors (Lipinski definition) is 3. The molecule has 1 aromatic heterocycles. The van der Waals surface area contributed by atoms with E-state index in [-0.39, 0.29) is 4.90 Å². The second kappa shape index (κ2) is 5.26. The molecule has 0 unspecified atom stereocenters. The van der Waals surface area contributed by atoms with Crippen molar-refractivity contribution in [1.29, 1.82) is 0 Å². The van der Waals surface area contributed by atoms with Crippen LogP contribution in [0.4, 0.5) is 10.1 Å². The first kappa shape index (κ1) is 14.0. The van der Waals surface area contributed by atoms with E-state index in [0.29, 0.717) is 15.7 Å². The second-order valence-corrected chi connectivity index (χ2v) is 6.38. The quantitative estimate of drug-likeness (QED) is 0.930. The molecule has 4 nitrogen and oxygen atoms in total. The summed E-state index contributed by atoms with van der Waals surface area (Å²) in [7, 11) is -3.76. The molecule has 0 atom stereocenters. The SMILES string of the molecule is Cc1cc(F)ccc1S(=O)(=O)Nc1ccncc1Br. The number of benzene rings is 1. The third-order valence-corrected chi connectivity index (χ3v) is 4.60. The van der Waals surface area contributed by atoms with Gasteiger partial charge in [-0.1, -0.05) is 0 Å². The lowest BCUT2D eigenvalue weighted by atomic mass is 10.2. The lowest BCUT2D eigenvalue weighted by molar-refractivity contribution is 0.598. The molecule has 1 N–H and O–H groups in total. The van der Waals surface area contributed by atoms with Crippen LogP contribution in [0.1, 0.15) is 5.56 Å². The molecule has 2 rings (SSSR count). The van der Waals surface area contributed by atoms with Crippen LogP contribution in [0.15, 0.2) is 46.0 Å². The normalized spacial score (nSPS) is 11.3. The Kier molecular flexibility index (Phi) is 3.86. The fourth-order valence-corrected chi connectivity index (χ4v) is 3.36. The van der Waals surface area contributed by atoms with Gasteiger partial charge in [0.25, 0.3) is 10.0 Å². The topological polar surface area (TPSA) is 59.1 Å². The number of aryl methyl sites for hydroxylation is 1. The number of halogens is 2. The van der Waals surface area contributed by atoms with Gasteiger partial charge in [-0.25, -0.2) is 12.8 Å². The summed E-state index contributed by atoms with van der Waals surface area (Å²) in [6.07, 6.45) is 2.95. The zero-order chi connectivity index (χ0) is 14.0. The largest absolute Gasteiger partial charge is 0.278 e. The Hall–Kier alpha value is -1.47. The van der Waals surface area contributed by atoms with E-state index in [1.54, 1.807) is 6.92 Å². The summed E-state index contributed by atoms with van der Waals surface area (Å²) in [4.78, 5) is 3.88. The number of sulfonamides is 1. The zero-order valence-corrected chi connectivity index (χ0v) is 12.3. The Morgan fingerprint density at radius 2 is 2.05 bits per heavy atom. The van der Waals surface area contributed by atoms with Gasteiger partial charge in [0.05, 0.1) is 15.1 Å². The van der Waals surface area contributed by atoms with Crippen molar-refractivity contribution in [3.05, 3.63) is 52.5 Å². The predicted octanol–water partition coefficient (Wildman–Crippen LogP) is 3.09. The van der Waals surface area contributed by atoms with Crippen molar-refractivity contribution in [1.82, 2.24) is 4.98 Å². The van der Waals surface area contributed by atoms with Crippen LogP contribution in [0, 0.1) is 12.7 Å². The Labute approximate surface area is 118 Å². The number of nitrogens with zero attached hydrogens (tertiary/aromatic N) is 1. The van der Waals surface area contributed by atoms with Gasteiger partial charge >= 0.3 is 0 Å². The summed E-state index contributed by atoms with van der Waals surface area (Å²) >= 11 is 3.20. The molecule has 0 spiro atoms. The van der Waals surface area contributed by atoms with Crippen LogP contribution in [-0.2, 0) is 10.0 Å². The smallest absolute Gasteiger partial charge is 0.262 e. The molecule has 0 aliphatic heterocycles. The Bertz CT molecular complexity index is 719. The average molecular weight is 345 g/mol. The highest BCUT2D eigenvalue weighted by Gasteiger charge is 2.18. The first-order chi connectivity index (χ1) is 8.90. The van der Waals surface area contributed by atoms with E-state index >= 15 is 0 Å². The van der Waals surface area contributed by atoms with E-state index < -0.39 is 15.8 Å². The molecule has 19 heavy (non-hydrogen) atoms. The number of hydrogen-bond donors (Lipinski definition) is 1. The van der Waals surface area contributed by atoms with E-state index in [9.17, 15) is 12.8 Å². The highest BCUT2D eigenvalue weighted by Crippen LogP contribution is 2.25. The predicted molar refractivity (Wildman–Crippen MR) is 73.9 cm³/mol. The molecule has 0 saturated carbocycles. The average Bonchev–Trinajstić information content (AvgIpc) is 2.31. The van der Waals surface area contributed by atoms with Crippen LogP contribution in [0.3, 0.4) is 0 Å². The highest BCUT2D eigenvalue weighted by molar-refractivity contribution is 9.10. The van der Waals surface area contributed by atoms with Gasteiger partial charge in [-0.2, -0.15) is 0 Å². The Morgan fingerprint density at radius 1 is 1.32 bits per heavy atom. The molecule has 0 saturated heterocycles. The van der Waals surface area contributed by atoms with Crippen LogP contribution < -0.4 is 4.72 Å². The molecule has 0 fully saturated rings. The van der Waals surface area contributed by atoms with E-state index in [2.05, 4.69) is 25.6 Å². The minimum absolute atomic E-state index is 0.0395. The molecule has 0 aliphatic rings. The van der Waals surface area contributed by atoms with Crippen LogP contribution in [0.2, 0.25) is 0 Å². The lowest BCUT2D eigenvalue weighted by Gasteiger charge is -2.11. The van der Waals surface area contributed by atoms with Gasteiger partial charge in [-0.3, -0.25) is 9.71 Å². The number of aromatic nitrogens is 1. The van der Waals surface area contributed by atoms with Gasteiger partial charge in [-0.15, -0.1) is 0 Å². The van der Waals surface area contributed by atoms with E-state index in [4.69, 9.17) is 0 Å². The number of anilines is 1. The first-order valence-electron chi connectivity index (χ1n) is 5.28. The molecule has 0 bridgehead atoms. The van der Waals surface area contributed by atoms with Gasteiger partial charge in [-0.05, 0) is 52.7 Å². The molecular formula is C12H10BrFN2O2S. The molecule has 1 aromatic carbocycles. The lowest BCUT2D eigenvalue weighted by Crippen LogP contribution is -2.14. The maximum absolute atomic E-state index is 13.0. The number of rotatable bonds is 3. The number of nitrogens with one attached hydrogen (secondary N) is 1. The van der Waals surface area contributed by atoms with Gasteiger partial charge in [0.2, 0.25) is 0 Å². The standard InChI is InChI=1S/C12H10BrFN2O2S/c1-8-6-9(14)2-3-12(8)19(17,18)16-11-4-5-15-7-10(11)13/h2-7H,1H3,(H,15,16). The Balaban J connectivity index is 2.41. The van der Waals surface area contributed by atoms with Gasteiger partial charge in [0, 0.05) is 12.4 Å². The Morgan fingerprint density at radius 3 is 2.68 bits per heavy atom. The molecule has 0 aliphatic carbocycles. The van der Waals surface area contributed by atoms with Crippen molar-refractivity contribution in [2.45, 2.75) is 11.8 Å². The summed E-state index contributed by atoms with van der Waals surface area (Å²) in [6, 6.07) is 5.06. The van der Waals surface area contributed by atoms with Crippen LogP contribution in [0.5, 0.6) is 0 Å². The molecular weight excluding hydrogens is 335 g/mol. The first-order valence-corrected chi connectivity index (χ1v) is 7.56. The molecule has 100 valence electrons. The minimum atomic E-state index is -3.76. The highest BCUT2D eigenvalue weighted by atomic mass is 79.9. The molecule has 7 heteroatoms. The fourth-order valence-electron chi connectivity index (χ4n) is 1.57. The summed E-state index contributed by atoms with van der Waals surface area (Å²) in [6.45, 7) is 1.54. The van der Waals surface area contributed by atoms with Crippen LogP contribution in [-0.4, -0.2) is 13.4 Å². The van der Waals surface area contributed by atoms with E-state index in [1.165, 1.54) is 30.6 Å². The third-order valence-electron chi connectivity index (χ3n) is 2.44. The molecule has 1 heterocycles. The van der Waals surface area contributed by atoms with Crippen molar-refractivity contribution in [2.75, 3.05) is 4.72 Å². The fraction of sp³-hybridized carbons (Fsp3) is 0.0833. The van der Waals surface area contributed by atoms with E-state index in [0.717, 1.165) is 6.07 Å². The van der Waals surface area contributed by atoms with Crippen molar-refractivity contribution in [3.8, 4) is 0 Å². The van der Waals surface area contributed by atoms with Gasteiger partial charge < -0.3 is 0 Å². The molecule has 2 aromatic rings. The summed E-state index contributed by atoms with van der Waals surface area (Å²) in [5, 5.41) is 0. The van der Waals surface area contributed by atoms with Crippen molar-refractivity contribution < 1.29 is 12.8 Å². The summed E-state index contributed by atoms with van der Waals surface area (Å²) in [5.74, 6) is -0.471. The minimum Gasteiger partial charge on any atom is -0.278 e. The van der Waals surface area contributed by atoms with Crippen LogP contribution in [0.25, 0.3) is 0 Å². The molecule has 0 radical (unpaired) electrons. The van der Waals surface area contributed by atoms with E-state index in [1.807, 2.05) is 0 Å². The van der Waals surface area contributed by atoms with Gasteiger partial charge in [0.1, 0.15) is 5.82 Å². The van der Waals surface area contributed by atoms with Crippen LogP contribution >= 0.6 is 15.9 Å². The maximum Gasteiger partial charge on any atom is 0.262 e. The monoisotopic (exact) mass is 344 g/mol. The number of pyridine rings is 1. The summed E-state index contributed by atoms with van der Waals surface area (Å²) < 4.78 is 40.4. The molecule has 0 amide bonds. The second-order valence-electron chi connectivity index (χ2n) is 3.87. The summed E-state index contributed by atoms with van der Waals surface area (Å²) in [5.41, 5.74) is 0.719. The van der Waals surface area contributed by atoms with Gasteiger partial charge in [0.15, 0.2) is 0 Å². The van der Waals surface area contributed by atoms with Crippen molar-refractivity contribution >= 4 is 31.6 Å². The van der Waals surface area contributed by atoms with Crippen molar-refractivity contribution in [2.24, 2.45) is 0 Å². The zero-order valence-electron chi connectivity index (χ0n) is 9.89.